The van der Waals surface area contributed by atoms with Crippen LogP contribution >= 0.6 is 11.6 Å². The topological polar surface area (TPSA) is 75.7 Å². The number of nitrogens with one attached hydrogen (secondary N) is 1. The van der Waals surface area contributed by atoms with E-state index in [0.717, 1.165) is 18.6 Å². The molecule has 1 N–H and O–H groups in total. The lowest BCUT2D eigenvalue weighted by molar-refractivity contribution is -0.120. The van der Waals surface area contributed by atoms with Crippen molar-refractivity contribution in [2.75, 3.05) is 25.0 Å². The summed E-state index contributed by atoms with van der Waals surface area (Å²) in [5.74, 6) is -0.535. The zero-order chi connectivity index (χ0) is 21.7. The van der Waals surface area contributed by atoms with Crippen molar-refractivity contribution in [3.8, 4) is 5.75 Å². The summed E-state index contributed by atoms with van der Waals surface area (Å²) >= 11 is 5.72. The fourth-order valence-electron chi connectivity index (χ4n) is 3.29. The molecule has 0 aliphatic carbocycles. The fraction of sp³-hybridized carbons (Fsp3) is 0.381. The average molecular weight is 455 g/mol. The minimum absolute atomic E-state index is 0.0567. The summed E-state index contributed by atoms with van der Waals surface area (Å²) in [5.41, 5.74) is 0.604. The van der Waals surface area contributed by atoms with Crippen molar-refractivity contribution in [1.82, 2.24) is 4.31 Å². The molecule has 2 aromatic carbocycles. The van der Waals surface area contributed by atoms with Crippen LogP contribution in [0.3, 0.4) is 0 Å². The Kier molecular flexibility index (Phi) is 7.33. The molecule has 30 heavy (non-hydrogen) atoms. The van der Waals surface area contributed by atoms with Gasteiger partial charge in [0.05, 0.1) is 22.2 Å². The molecule has 0 bridgehead atoms. The molecule has 1 aliphatic rings. The van der Waals surface area contributed by atoms with Crippen molar-refractivity contribution in [3.05, 3.63) is 53.3 Å². The van der Waals surface area contributed by atoms with E-state index in [9.17, 15) is 17.6 Å². The number of piperidine rings is 1. The van der Waals surface area contributed by atoms with E-state index in [2.05, 4.69) is 5.32 Å². The lowest BCUT2D eigenvalue weighted by Crippen LogP contribution is -2.41. The number of benzene rings is 2. The molecule has 0 spiro atoms. The third-order valence-electron chi connectivity index (χ3n) is 4.96. The van der Waals surface area contributed by atoms with Gasteiger partial charge in [0, 0.05) is 19.0 Å². The van der Waals surface area contributed by atoms with E-state index < -0.39 is 15.8 Å². The zero-order valence-electron chi connectivity index (χ0n) is 16.6. The van der Waals surface area contributed by atoms with Crippen LogP contribution in [0.15, 0.2) is 47.4 Å². The predicted molar refractivity (Wildman–Crippen MR) is 114 cm³/mol. The largest absolute Gasteiger partial charge is 0.491 e. The number of hydrogen-bond acceptors (Lipinski definition) is 4. The quantitative estimate of drug-likeness (QED) is 0.676. The molecule has 3 rings (SSSR count). The van der Waals surface area contributed by atoms with Crippen molar-refractivity contribution in [1.29, 1.82) is 0 Å². The highest BCUT2D eigenvalue weighted by Crippen LogP contribution is 2.29. The SMILES string of the molecule is CCCOc1ccccc1NC(=O)C1CCN(S(=O)(=O)c2ccc(F)c(Cl)c2)CC1. The van der Waals surface area contributed by atoms with Crippen LogP contribution in [0.1, 0.15) is 26.2 Å². The van der Waals surface area contributed by atoms with Crippen LogP contribution in [-0.2, 0) is 14.8 Å². The Labute approximate surface area is 181 Å². The first-order valence-electron chi connectivity index (χ1n) is 9.81. The van der Waals surface area contributed by atoms with Gasteiger partial charge in [0.15, 0.2) is 0 Å². The molecule has 2 aromatic rings. The lowest BCUT2D eigenvalue weighted by Gasteiger charge is -2.30. The maximum atomic E-state index is 13.4. The Hall–Kier alpha value is -2.16. The number of ether oxygens (including phenoxy) is 1. The van der Waals surface area contributed by atoms with Gasteiger partial charge in [-0.3, -0.25) is 4.79 Å². The number of amides is 1. The number of rotatable bonds is 7. The third-order valence-corrected chi connectivity index (χ3v) is 7.14. The monoisotopic (exact) mass is 454 g/mol. The average Bonchev–Trinajstić information content (AvgIpc) is 2.75. The Bertz CT molecular complexity index is 1010. The number of para-hydroxylation sites is 2. The summed E-state index contributed by atoms with van der Waals surface area (Å²) in [4.78, 5) is 12.7. The van der Waals surface area contributed by atoms with Crippen LogP contribution in [-0.4, -0.2) is 38.3 Å². The zero-order valence-corrected chi connectivity index (χ0v) is 18.2. The number of carbonyl (C=O) groups excluding carboxylic acids is 1. The van der Waals surface area contributed by atoms with Crippen molar-refractivity contribution >= 4 is 33.2 Å². The standard InChI is InChI=1S/C21H24ClFN2O4S/c1-2-13-29-20-6-4-3-5-19(20)24-21(26)15-9-11-25(12-10-15)30(27,28)16-7-8-18(23)17(22)14-16/h3-8,14-15H,2,9-13H2,1H3,(H,24,26). The van der Waals surface area contributed by atoms with E-state index in [1.165, 1.54) is 10.4 Å². The number of sulfonamides is 1. The van der Waals surface area contributed by atoms with Crippen molar-refractivity contribution < 1.29 is 22.3 Å². The fourth-order valence-corrected chi connectivity index (χ4v) is 5.03. The maximum Gasteiger partial charge on any atom is 0.243 e. The second-order valence-corrected chi connectivity index (χ2v) is 9.43. The first-order chi connectivity index (χ1) is 14.3. The molecule has 9 heteroatoms. The van der Waals surface area contributed by atoms with Gasteiger partial charge in [0.2, 0.25) is 15.9 Å². The molecule has 1 saturated heterocycles. The number of hydrogen-bond donors (Lipinski definition) is 1. The summed E-state index contributed by atoms with van der Waals surface area (Å²) in [7, 11) is -3.80. The van der Waals surface area contributed by atoms with Crippen LogP contribution in [0.5, 0.6) is 5.75 Å². The van der Waals surface area contributed by atoms with Crippen molar-refractivity contribution in [2.24, 2.45) is 5.92 Å². The molecule has 1 amide bonds. The molecule has 0 saturated carbocycles. The van der Waals surface area contributed by atoms with Crippen LogP contribution in [0.4, 0.5) is 10.1 Å². The van der Waals surface area contributed by atoms with Crippen LogP contribution in [0, 0.1) is 11.7 Å². The predicted octanol–water partition coefficient (Wildman–Crippen LogP) is 4.31. The number of carbonyl (C=O) groups is 1. The van der Waals surface area contributed by atoms with Gasteiger partial charge in [-0.1, -0.05) is 30.7 Å². The highest BCUT2D eigenvalue weighted by molar-refractivity contribution is 7.89. The van der Waals surface area contributed by atoms with E-state index in [4.69, 9.17) is 16.3 Å². The maximum absolute atomic E-state index is 13.4. The van der Waals surface area contributed by atoms with Gasteiger partial charge in [0.25, 0.3) is 0 Å². The highest BCUT2D eigenvalue weighted by Gasteiger charge is 2.32. The Morgan fingerprint density at radius 2 is 1.93 bits per heavy atom. The second kappa shape index (κ2) is 9.76. The molecule has 0 radical (unpaired) electrons. The highest BCUT2D eigenvalue weighted by atomic mass is 35.5. The van der Waals surface area contributed by atoms with Crippen molar-refractivity contribution in [3.63, 3.8) is 0 Å². The van der Waals surface area contributed by atoms with Gasteiger partial charge in [-0.2, -0.15) is 4.31 Å². The van der Waals surface area contributed by atoms with E-state index in [1.54, 1.807) is 12.1 Å². The smallest absolute Gasteiger partial charge is 0.243 e. The Morgan fingerprint density at radius 3 is 2.60 bits per heavy atom. The van der Waals surface area contributed by atoms with Crippen LogP contribution in [0.2, 0.25) is 5.02 Å². The molecule has 6 nitrogen and oxygen atoms in total. The minimum atomic E-state index is -3.80. The lowest BCUT2D eigenvalue weighted by atomic mass is 9.97. The summed E-state index contributed by atoms with van der Waals surface area (Å²) < 4.78 is 45.9. The van der Waals surface area contributed by atoms with Gasteiger partial charge < -0.3 is 10.1 Å². The van der Waals surface area contributed by atoms with Gasteiger partial charge in [-0.15, -0.1) is 0 Å². The molecule has 0 aromatic heterocycles. The molecule has 1 fully saturated rings. The van der Waals surface area contributed by atoms with Crippen molar-refractivity contribution in [2.45, 2.75) is 31.1 Å². The van der Waals surface area contributed by atoms with Gasteiger partial charge >= 0.3 is 0 Å². The van der Waals surface area contributed by atoms with Crippen LogP contribution in [0.25, 0.3) is 0 Å². The van der Waals surface area contributed by atoms with Gasteiger partial charge in [-0.05, 0) is 49.6 Å². The Balaban J connectivity index is 1.63. The van der Waals surface area contributed by atoms with Gasteiger partial charge in [0.1, 0.15) is 11.6 Å². The second-order valence-electron chi connectivity index (χ2n) is 7.09. The number of halogens is 2. The number of nitrogens with zero attached hydrogens (tertiary/aromatic N) is 1. The van der Waals surface area contributed by atoms with E-state index >= 15 is 0 Å². The Morgan fingerprint density at radius 1 is 1.23 bits per heavy atom. The molecule has 1 aliphatic heterocycles. The summed E-state index contributed by atoms with van der Waals surface area (Å²) in [6, 6.07) is 10.6. The normalized spacial score (nSPS) is 15.7. The first-order valence-corrected chi connectivity index (χ1v) is 11.6. The first kappa shape index (κ1) is 22.5. The molecule has 1 heterocycles. The summed E-state index contributed by atoms with van der Waals surface area (Å²) in [5, 5.41) is 2.66. The molecule has 0 atom stereocenters. The molecule has 0 unspecified atom stereocenters. The third kappa shape index (κ3) is 5.11. The minimum Gasteiger partial charge on any atom is -0.491 e. The molecular formula is C21H24ClFN2O4S. The van der Waals surface area contributed by atoms with E-state index in [0.29, 0.717) is 30.9 Å². The summed E-state index contributed by atoms with van der Waals surface area (Å²) in [6.45, 7) is 2.95. The van der Waals surface area contributed by atoms with Gasteiger partial charge in [-0.25, -0.2) is 12.8 Å². The molecule has 162 valence electrons. The van der Waals surface area contributed by atoms with E-state index in [1.807, 2.05) is 19.1 Å². The molecular weight excluding hydrogens is 431 g/mol. The number of anilines is 1. The summed E-state index contributed by atoms with van der Waals surface area (Å²) in [6.07, 6.45) is 1.63. The van der Waals surface area contributed by atoms with E-state index in [-0.39, 0.29) is 34.8 Å². The van der Waals surface area contributed by atoms with Crippen LogP contribution < -0.4 is 10.1 Å².